The van der Waals surface area contributed by atoms with E-state index in [1.54, 1.807) is 35.1 Å². The van der Waals surface area contributed by atoms with Crippen LogP contribution in [0.4, 0.5) is 0 Å². The van der Waals surface area contributed by atoms with Crippen molar-refractivity contribution in [1.29, 1.82) is 0 Å². The van der Waals surface area contributed by atoms with Gasteiger partial charge in [0.15, 0.2) is 0 Å². The average molecular weight is 622 g/mol. The number of piperazine rings is 1. The maximum atomic E-state index is 12.5. The van der Waals surface area contributed by atoms with Crippen molar-refractivity contribution < 1.29 is 44.3 Å². The second-order valence-corrected chi connectivity index (χ2v) is 9.82. The van der Waals surface area contributed by atoms with Crippen LogP contribution < -0.4 is 10.8 Å². The van der Waals surface area contributed by atoms with Crippen LogP contribution in [-0.2, 0) is 14.4 Å². The molecule has 1 aliphatic carbocycles. The Labute approximate surface area is 196 Å². The summed E-state index contributed by atoms with van der Waals surface area (Å²) in [6, 6.07) is 0. The molecular formula is C21H39AtN4O4. The summed E-state index contributed by atoms with van der Waals surface area (Å²) in [6.45, 7) is 9.59. The Morgan fingerprint density at radius 2 is 1.63 bits per heavy atom. The number of amides is 3. The number of rotatable bonds is 8. The van der Waals surface area contributed by atoms with Crippen molar-refractivity contribution in [3.8, 4) is 0 Å². The average Bonchev–Trinajstić information content (AvgIpc) is 3.24. The van der Waals surface area contributed by atoms with Gasteiger partial charge in [0, 0.05) is 0 Å². The molecule has 30 heavy (non-hydrogen) atoms. The minimum absolute atomic E-state index is 0.0314. The minimum atomic E-state index is -0.563. The van der Waals surface area contributed by atoms with Crippen LogP contribution in [0, 0.1) is 42.5 Å². The van der Waals surface area contributed by atoms with Gasteiger partial charge in [-0.1, -0.05) is 46.5 Å². The van der Waals surface area contributed by atoms with Crippen molar-refractivity contribution in [2.24, 2.45) is 17.8 Å². The molecule has 2 aliphatic rings. The largest absolute Gasteiger partial charge is 0.289 e. The summed E-state index contributed by atoms with van der Waals surface area (Å²) in [5.74, 6) is -0.145. The SMILES string of the molecule is CC(C)C.O=C(CC(CC1CCCC1)C(=O)NCC(=O)N1CCN(C[At])CC1)NO. The quantitative estimate of drug-likeness (QED) is 0.282. The monoisotopic (exact) mass is 621 g/mol. The fourth-order valence-corrected chi connectivity index (χ4v) is 4.67. The first-order chi connectivity index (χ1) is 14.3. The fourth-order valence-electron chi connectivity index (χ4n) is 3.74. The zero-order valence-electron chi connectivity index (χ0n) is 18.7. The maximum Gasteiger partial charge on any atom is -0.238 e. The Balaban J connectivity index is 0.00000103. The van der Waals surface area contributed by atoms with Gasteiger partial charge in [0.25, 0.3) is 0 Å². The van der Waals surface area contributed by atoms with Crippen LogP contribution in [0.3, 0.4) is 0 Å². The zero-order valence-corrected chi connectivity index (χ0v) is 21.6. The van der Waals surface area contributed by atoms with E-state index in [2.05, 4.69) is 31.0 Å². The molecule has 8 nitrogen and oxygen atoms in total. The van der Waals surface area contributed by atoms with E-state index in [1.807, 2.05) is 0 Å². The normalized spacial score (nSPS) is 18.5. The molecule has 0 aromatic carbocycles. The summed E-state index contributed by atoms with van der Waals surface area (Å²) < 4.78 is 1.04. The number of hydroxylamine groups is 1. The van der Waals surface area contributed by atoms with Gasteiger partial charge in [0.1, 0.15) is 0 Å². The van der Waals surface area contributed by atoms with Crippen LogP contribution in [0.5, 0.6) is 0 Å². The van der Waals surface area contributed by atoms with Crippen molar-refractivity contribution in [3.63, 3.8) is 0 Å². The van der Waals surface area contributed by atoms with Gasteiger partial charge in [0.2, 0.25) is 0 Å². The van der Waals surface area contributed by atoms with E-state index in [9.17, 15) is 14.4 Å². The van der Waals surface area contributed by atoms with Gasteiger partial charge in [-0.05, 0) is 5.92 Å². The van der Waals surface area contributed by atoms with Gasteiger partial charge in [-0.15, -0.1) is 0 Å². The summed E-state index contributed by atoms with van der Waals surface area (Å²) in [4.78, 5) is 40.5. The predicted molar refractivity (Wildman–Crippen MR) is 111 cm³/mol. The molecule has 3 amide bonds. The number of nitrogens with zero attached hydrogens (tertiary/aromatic N) is 2. The van der Waals surface area contributed by atoms with E-state index in [4.69, 9.17) is 5.21 Å². The van der Waals surface area contributed by atoms with Crippen molar-refractivity contribution in [2.75, 3.05) is 37.0 Å². The van der Waals surface area contributed by atoms with Crippen LogP contribution in [0.15, 0.2) is 0 Å². The molecule has 2 fully saturated rings. The number of hydrogen-bond acceptors (Lipinski definition) is 5. The number of carbonyl (C=O) groups is 3. The molecule has 1 aliphatic heterocycles. The maximum absolute atomic E-state index is 12.5. The molecule has 0 aromatic rings. The van der Waals surface area contributed by atoms with E-state index in [-0.39, 0.29) is 24.8 Å². The molecule has 1 saturated heterocycles. The topological polar surface area (TPSA) is 102 Å². The van der Waals surface area contributed by atoms with Crippen LogP contribution in [0.1, 0.15) is 59.3 Å². The Hall–Kier alpha value is -0.787. The van der Waals surface area contributed by atoms with Gasteiger partial charge in [0.05, 0.1) is 0 Å². The molecule has 1 heterocycles. The minimum Gasteiger partial charge on any atom is -0.289 e. The van der Waals surface area contributed by atoms with Gasteiger partial charge in [-0.2, -0.15) is 0 Å². The van der Waals surface area contributed by atoms with Crippen molar-refractivity contribution in [2.45, 2.75) is 59.3 Å². The smallest absolute Gasteiger partial charge is 0.238 e. The summed E-state index contributed by atoms with van der Waals surface area (Å²) in [5.41, 5.74) is 1.60. The van der Waals surface area contributed by atoms with Gasteiger partial charge in [-0.3, -0.25) is 10.0 Å². The van der Waals surface area contributed by atoms with Gasteiger partial charge >= 0.3 is 129 Å². The molecule has 3 N–H and O–H groups in total. The summed E-state index contributed by atoms with van der Waals surface area (Å²) in [7, 11) is 0. The third kappa shape index (κ3) is 11.0. The Morgan fingerprint density at radius 3 is 2.13 bits per heavy atom. The van der Waals surface area contributed by atoms with E-state index in [1.165, 1.54) is 0 Å². The third-order valence-electron chi connectivity index (χ3n) is 5.33. The van der Waals surface area contributed by atoms with Crippen LogP contribution in [0.2, 0.25) is 0 Å². The van der Waals surface area contributed by atoms with Crippen molar-refractivity contribution >= 4 is 17.7 Å². The Morgan fingerprint density at radius 1 is 1.07 bits per heavy atom. The first-order valence-corrected chi connectivity index (χ1v) is 13.1. The standard InChI is InChI=1S/C17H29AtN4O4.C4H10/c18-12-21-5-7-22(8-6-21)16(24)11-19-17(25)14(10-15(23)20-26)9-13-3-1-2-4-13;1-4(2)3/h13-14,26H,1-12H2,(H,19,25)(H,20,23);4H,1-3H3. The second kappa shape index (κ2) is 15.1. The number of hydrogen-bond donors (Lipinski definition) is 3. The number of carbonyl (C=O) groups excluding carboxylic acids is 3. The van der Waals surface area contributed by atoms with Crippen molar-refractivity contribution in [1.82, 2.24) is 20.6 Å². The molecular weight excluding hydrogens is 582 g/mol. The van der Waals surface area contributed by atoms with Crippen LogP contribution in [0.25, 0.3) is 0 Å². The van der Waals surface area contributed by atoms with E-state index in [0.29, 0.717) is 25.4 Å². The van der Waals surface area contributed by atoms with E-state index in [0.717, 1.165) is 48.9 Å². The Kier molecular flexibility index (Phi) is 13.7. The molecule has 1 saturated carbocycles. The summed E-state index contributed by atoms with van der Waals surface area (Å²) >= 11 is 1.71. The first kappa shape index (κ1) is 27.2. The zero-order chi connectivity index (χ0) is 22.5. The Bertz CT molecular complexity index is 530. The van der Waals surface area contributed by atoms with Crippen molar-refractivity contribution in [3.05, 3.63) is 0 Å². The van der Waals surface area contributed by atoms with E-state index < -0.39 is 11.8 Å². The summed E-state index contributed by atoms with van der Waals surface area (Å²) in [6.07, 6.45) is 5.05. The third-order valence-corrected chi connectivity index (χ3v) is 6.64. The van der Waals surface area contributed by atoms with Crippen LogP contribution in [-0.4, -0.2) is 69.7 Å². The van der Waals surface area contributed by atoms with Gasteiger partial charge < -0.3 is 0 Å². The summed E-state index contributed by atoms with van der Waals surface area (Å²) in [5, 5.41) is 11.5. The molecule has 9 heteroatoms. The van der Waals surface area contributed by atoms with Gasteiger partial charge in [-0.25, -0.2) is 5.48 Å². The second-order valence-electron chi connectivity index (χ2n) is 8.89. The fraction of sp³-hybridized carbons (Fsp3) is 0.857. The molecule has 0 radical (unpaired) electrons. The molecule has 0 bridgehead atoms. The molecule has 0 spiro atoms. The van der Waals surface area contributed by atoms with E-state index >= 15 is 0 Å². The first-order valence-electron chi connectivity index (χ1n) is 11.0. The van der Waals surface area contributed by atoms with Crippen LogP contribution >= 0.6 is 0 Å². The molecule has 1 unspecified atom stereocenters. The number of nitrogens with one attached hydrogen (secondary N) is 2. The molecule has 0 aromatic heterocycles. The molecule has 174 valence electrons. The molecule has 1 atom stereocenters. The molecule has 2 rings (SSSR count). The predicted octanol–water partition coefficient (Wildman–Crippen LogP) is 1.51.